The number of carboxylic acid groups (broad SMARTS) is 1. The first kappa shape index (κ1) is 34.1. The molecule has 3 N–H and O–H groups in total. The molecule has 0 saturated carbocycles. The van der Waals surface area contributed by atoms with Crippen LogP contribution in [0.1, 0.15) is 47.9 Å². The fourth-order valence-corrected chi connectivity index (χ4v) is 4.50. The van der Waals surface area contributed by atoms with Gasteiger partial charge in [-0.3, -0.25) is 4.79 Å². The Labute approximate surface area is 247 Å². The smallest absolute Gasteiger partial charge is 0.416 e. The van der Waals surface area contributed by atoms with E-state index in [0.29, 0.717) is 37.0 Å². The number of rotatable bonds is 13. The van der Waals surface area contributed by atoms with Gasteiger partial charge < -0.3 is 20.5 Å². The highest BCUT2D eigenvalue weighted by molar-refractivity contribution is 5.76. The Bertz CT molecular complexity index is 1430. The van der Waals surface area contributed by atoms with Crippen LogP contribution < -0.4 is 15.4 Å². The minimum absolute atomic E-state index is 0.0800. The van der Waals surface area contributed by atoms with Gasteiger partial charge in [-0.15, -0.1) is 0 Å². The molecule has 14 heteroatoms. The van der Waals surface area contributed by atoms with Crippen LogP contribution in [0, 0.1) is 11.6 Å². The summed E-state index contributed by atoms with van der Waals surface area (Å²) in [6.45, 7) is -1.86. The van der Waals surface area contributed by atoms with Crippen LogP contribution in [0.4, 0.5) is 39.9 Å². The lowest BCUT2D eigenvalue weighted by Gasteiger charge is -2.37. The summed E-state index contributed by atoms with van der Waals surface area (Å²) >= 11 is 0. The highest BCUT2D eigenvalue weighted by Crippen LogP contribution is 2.39. The van der Waals surface area contributed by atoms with Gasteiger partial charge in [0.05, 0.1) is 17.7 Å². The van der Waals surface area contributed by atoms with E-state index in [4.69, 9.17) is 9.84 Å². The second-order valence-electron chi connectivity index (χ2n) is 9.91. The van der Waals surface area contributed by atoms with Gasteiger partial charge in [0.1, 0.15) is 12.4 Å². The van der Waals surface area contributed by atoms with Gasteiger partial charge in [-0.1, -0.05) is 36.4 Å². The monoisotopic (exact) mass is 632 g/mol. The van der Waals surface area contributed by atoms with E-state index >= 15 is 0 Å². The molecule has 44 heavy (non-hydrogen) atoms. The summed E-state index contributed by atoms with van der Waals surface area (Å²) in [7, 11) is 0. The number of hydrogen-bond donors (Lipinski definition) is 3. The number of carboxylic acids is 1. The number of hydrogen-bond acceptors (Lipinski definition) is 3. The molecule has 0 fully saturated rings. The van der Waals surface area contributed by atoms with Crippen LogP contribution in [0.3, 0.4) is 0 Å². The van der Waals surface area contributed by atoms with Gasteiger partial charge in [0.25, 0.3) is 0 Å². The summed E-state index contributed by atoms with van der Waals surface area (Å²) in [4.78, 5) is 23.6. The zero-order valence-electron chi connectivity index (χ0n) is 23.0. The highest BCUT2D eigenvalue weighted by Gasteiger charge is 2.41. The fourth-order valence-electron chi connectivity index (χ4n) is 4.50. The van der Waals surface area contributed by atoms with Crippen LogP contribution in [0.5, 0.6) is 5.75 Å². The lowest BCUT2D eigenvalue weighted by molar-refractivity contribution is -0.138. The molecule has 0 heterocycles. The molecule has 0 radical (unpaired) electrons. The Kier molecular flexibility index (Phi) is 11.2. The molecular weight excluding hydrogens is 604 g/mol. The van der Waals surface area contributed by atoms with Crippen molar-refractivity contribution < 1.29 is 54.6 Å². The quantitative estimate of drug-likeness (QED) is 0.136. The SMILES string of the molecule is O=C(O)CCCCCOc1cc(C(Cc2ccccc2)(NC(=O)NCC(F)(F)F)c2cc(F)cc(C(F)(F)F)c2)ccc1F. The van der Waals surface area contributed by atoms with E-state index in [1.54, 1.807) is 23.5 Å². The number of nitrogens with one attached hydrogen (secondary N) is 2. The number of carbonyl (C=O) groups is 2. The number of aliphatic carboxylic acids is 1. The number of carbonyl (C=O) groups excluding carboxylic acids is 1. The zero-order chi connectivity index (χ0) is 32.5. The van der Waals surface area contributed by atoms with Crippen LogP contribution >= 0.6 is 0 Å². The molecule has 238 valence electrons. The maximum atomic E-state index is 14.8. The second-order valence-corrected chi connectivity index (χ2v) is 9.91. The van der Waals surface area contributed by atoms with E-state index in [0.717, 1.165) is 18.2 Å². The van der Waals surface area contributed by atoms with Crippen molar-refractivity contribution >= 4 is 12.0 Å². The summed E-state index contributed by atoms with van der Waals surface area (Å²) in [5.74, 6) is -3.63. The van der Waals surface area contributed by atoms with Gasteiger partial charge in [-0.25, -0.2) is 13.6 Å². The number of benzene rings is 3. The van der Waals surface area contributed by atoms with Crippen molar-refractivity contribution in [3.8, 4) is 5.75 Å². The maximum absolute atomic E-state index is 14.8. The first-order valence-electron chi connectivity index (χ1n) is 13.3. The minimum atomic E-state index is -5.04. The molecule has 0 bridgehead atoms. The lowest BCUT2D eigenvalue weighted by atomic mass is 9.77. The van der Waals surface area contributed by atoms with E-state index in [2.05, 4.69) is 5.32 Å². The van der Waals surface area contributed by atoms with E-state index < -0.39 is 71.4 Å². The molecule has 6 nitrogen and oxygen atoms in total. The molecule has 0 aromatic heterocycles. The van der Waals surface area contributed by atoms with E-state index in [1.807, 2.05) is 0 Å². The van der Waals surface area contributed by atoms with Crippen LogP contribution in [-0.4, -0.2) is 36.4 Å². The average molecular weight is 633 g/mol. The summed E-state index contributed by atoms with van der Waals surface area (Å²) in [5, 5.41) is 12.7. The van der Waals surface area contributed by atoms with Gasteiger partial charge in [-0.2, -0.15) is 26.3 Å². The molecule has 0 aliphatic heterocycles. The van der Waals surface area contributed by atoms with Crippen molar-refractivity contribution in [2.75, 3.05) is 13.2 Å². The topological polar surface area (TPSA) is 87.7 Å². The molecule has 3 rings (SSSR count). The predicted octanol–water partition coefficient (Wildman–Crippen LogP) is 7.36. The van der Waals surface area contributed by atoms with E-state index in [9.17, 15) is 44.7 Å². The number of ether oxygens (including phenoxy) is 1. The van der Waals surface area contributed by atoms with Crippen molar-refractivity contribution in [1.29, 1.82) is 0 Å². The summed E-state index contributed by atoms with van der Waals surface area (Å²) in [5.41, 5.74) is -3.83. The van der Waals surface area contributed by atoms with Gasteiger partial charge in [0, 0.05) is 12.8 Å². The van der Waals surface area contributed by atoms with E-state index in [1.165, 1.54) is 12.1 Å². The Morgan fingerprint density at radius 1 is 0.795 bits per heavy atom. The first-order valence-corrected chi connectivity index (χ1v) is 13.3. The third-order valence-corrected chi connectivity index (χ3v) is 6.52. The van der Waals surface area contributed by atoms with Crippen molar-refractivity contribution in [2.24, 2.45) is 0 Å². The molecule has 1 atom stereocenters. The number of amides is 2. The van der Waals surface area contributed by atoms with Gasteiger partial charge >= 0.3 is 24.4 Å². The third kappa shape index (κ3) is 9.85. The molecular formula is C30H28F8N2O4. The summed E-state index contributed by atoms with van der Waals surface area (Å²) < 4.78 is 115. The molecule has 3 aromatic rings. The Morgan fingerprint density at radius 2 is 1.48 bits per heavy atom. The van der Waals surface area contributed by atoms with Crippen molar-refractivity contribution in [1.82, 2.24) is 10.6 Å². The molecule has 0 aliphatic carbocycles. The molecule has 0 aliphatic rings. The standard InChI is InChI=1S/C30H28F8N2O4/c31-23-14-21(13-22(15-23)30(36,37)38)28(17-19-7-3-1-4-8-19,40-27(43)39-18-29(33,34)35)20-10-11-24(32)25(16-20)44-12-6-2-5-9-26(41)42/h1,3-4,7-8,10-11,13-16H,2,5-6,9,12,17-18H2,(H,41,42)(H2,39,40,43). The van der Waals surface area contributed by atoms with Crippen LogP contribution in [0.25, 0.3) is 0 Å². The average Bonchev–Trinajstić information content (AvgIpc) is 2.93. The number of alkyl halides is 6. The third-order valence-electron chi connectivity index (χ3n) is 6.52. The number of urea groups is 1. The van der Waals surface area contributed by atoms with Gasteiger partial charge in [0.2, 0.25) is 0 Å². The number of unbranched alkanes of at least 4 members (excludes halogenated alkanes) is 2. The summed E-state index contributed by atoms with van der Waals surface area (Å²) in [6, 6.07) is 10.9. The lowest BCUT2D eigenvalue weighted by Crippen LogP contribution is -2.53. The Balaban J connectivity index is 2.16. The summed E-state index contributed by atoms with van der Waals surface area (Å²) in [6.07, 6.45) is -9.26. The van der Waals surface area contributed by atoms with Crippen molar-refractivity contribution in [3.05, 3.63) is 101 Å². The van der Waals surface area contributed by atoms with Crippen molar-refractivity contribution in [3.63, 3.8) is 0 Å². The molecule has 2 amide bonds. The van der Waals surface area contributed by atoms with Crippen LogP contribution in [0.2, 0.25) is 0 Å². The highest BCUT2D eigenvalue weighted by atomic mass is 19.4. The van der Waals surface area contributed by atoms with Crippen molar-refractivity contribution in [2.45, 2.75) is 50.0 Å². The van der Waals surface area contributed by atoms with Gasteiger partial charge in [0.15, 0.2) is 11.6 Å². The van der Waals surface area contributed by atoms with Crippen LogP contribution in [-0.2, 0) is 22.9 Å². The first-order chi connectivity index (χ1) is 20.6. The number of halogens is 8. The Hall–Kier alpha value is -4.36. The minimum Gasteiger partial charge on any atom is -0.491 e. The maximum Gasteiger partial charge on any atom is 0.416 e. The normalized spacial score (nSPS) is 13.2. The molecule has 0 saturated heterocycles. The molecule has 0 spiro atoms. The van der Waals surface area contributed by atoms with Crippen LogP contribution in [0.15, 0.2) is 66.7 Å². The fraction of sp³-hybridized carbons (Fsp3) is 0.333. The molecule has 1 unspecified atom stereocenters. The Morgan fingerprint density at radius 3 is 2.11 bits per heavy atom. The molecule has 3 aromatic carbocycles. The van der Waals surface area contributed by atoms with E-state index in [-0.39, 0.29) is 24.7 Å². The second kappa shape index (κ2) is 14.4. The zero-order valence-corrected chi connectivity index (χ0v) is 23.0. The predicted molar refractivity (Wildman–Crippen MR) is 143 cm³/mol. The largest absolute Gasteiger partial charge is 0.491 e. The van der Waals surface area contributed by atoms with Gasteiger partial charge in [-0.05, 0) is 66.3 Å².